The highest BCUT2D eigenvalue weighted by Gasteiger charge is 2.23. The lowest BCUT2D eigenvalue weighted by Crippen LogP contribution is -2.27. The van der Waals surface area contributed by atoms with E-state index in [0.717, 1.165) is 41.5 Å². The van der Waals surface area contributed by atoms with E-state index < -0.39 is 10.1 Å². The lowest BCUT2D eigenvalue weighted by Gasteiger charge is -2.29. The maximum absolute atomic E-state index is 12.5. The lowest BCUT2D eigenvalue weighted by molar-refractivity contribution is -0.206. The molecule has 0 aromatic heterocycles. The molecule has 1 saturated heterocycles. The Morgan fingerprint density at radius 1 is 0.912 bits per heavy atom. The number of ether oxygens (including phenoxy) is 2. The second-order valence-electron chi connectivity index (χ2n) is 8.58. The van der Waals surface area contributed by atoms with E-state index in [1.54, 1.807) is 36.4 Å². The van der Waals surface area contributed by atoms with Crippen LogP contribution in [0.25, 0.3) is 11.1 Å². The summed E-state index contributed by atoms with van der Waals surface area (Å²) in [5.41, 5.74) is 3.94. The Kier molecular flexibility index (Phi) is 7.83. The zero-order chi connectivity index (χ0) is 24.0. The van der Waals surface area contributed by atoms with Crippen LogP contribution in [0.2, 0.25) is 0 Å². The highest BCUT2D eigenvalue weighted by atomic mass is 32.2. The van der Waals surface area contributed by atoms with Gasteiger partial charge in [0.05, 0.1) is 13.2 Å². The molecule has 0 bridgehead atoms. The highest BCUT2D eigenvalue weighted by molar-refractivity contribution is 7.87. The third kappa shape index (κ3) is 6.14. The summed E-state index contributed by atoms with van der Waals surface area (Å²) < 4.78 is 42.1. The predicted molar refractivity (Wildman–Crippen MR) is 133 cm³/mol. The van der Waals surface area contributed by atoms with E-state index in [1.807, 2.05) is 49.4 Å². The van der Waals surface area contributed by atoms with Crippen LogP contribution in [0.4, 0.5) is 0 Å². The van der Waals surface area contributed by atoms with Crippen LogP contribution in [0.3, 0.4) is 0 Å². The second-order valence-corrected chi connectivity index (χ2v) is 10.1. The van der Waals surface area contributed by atoms with Crippen LogP contribution in [0.15, 0.2) is 90.3 Å². The van der Waals surface area contributed by atoms with Crippen LogP contribution < -0.4 is 4.18 Å². The second kappa shape index (κ2) is 11.0. The normalized spacial score (nSPS) is 18.4. The van der Waals surface area contributed by atoms with E-state index in [-0.39, 0.29) is 16.9 Å². The zero-order valence-electron chi connectivity index (χ0n) is 19.4. The van der Waals surface area contributed by atoms with Gasteiger partial charge in [0.15, 0.2) is 6.29 Å². The van der Waals surface area contributed by atoms with Gasteiger partial charge in [0.25, 0.3) is 0 Å². The first-order valence-electron chi connectivity index (χ1n) is 11.5. The van der Waals surface area contributed by atoms with E-state index >= 15 is 0 Å². The number of hydrogen-bond donors (Lipinski definition) is 0. The maximum atomic E-state index is 12.5. The van der Waals surface area contributed by atoms with Gasteiger partial charge in [0.2, 0.25) is 0 Å². The average molecular weight is 479 g/mol. The first-order chi connectivity index (χ1) is 16.4. The number of unbranched alkanes of at least 4 members (excludes halogenated alkanes) is 1. The van der Waals surface area contributed by atoms with Gasteiger partial charge in [-0.1, -0.05) is 60.2 Å². The van der Waals surface area contributed by atoms with E-state index in [9.17, 15) is 8.42 Å². The van der Waals surface area contributed by atoms with Crippen molar-refractivity contribution >= 4 is 10.1 Å². The lowest BCUT2D eigenvalue weighted by atomic mass is 10.0. The highest BCUT2D eigenvalue weighted by Crippen LogP contribution is 2.30. The van der Waals surface area contributed by atoms with E-state index in [1.165, 1.54) is 0 Å². The van der Waals surface area contributed by atoms with Crippen LogP contribution in [0.5, 0.6) is 5.75 Å². The Hall–Kier alpha value is -2.93. The van der Waals surface area contributed by atoms with Crippen molar-refractivity contribution in [2.24, 2.45) is 5.92 Å². The minimum absolute atomic E-state index is 0.132. The molecule has 0 amide bonds. The van der Waals surface area contributed by atoms with Crippen molar-refractivity contribution in [3.05, 3.63) is 96.6 Å². The van der Waals surface area contributed by atoms with E-state index in [4.69, 9.17) is 13.7 Å². The fourth-order valence-corrected chi connectivity index (χ4v) is 4.80. The molecule has 1 aliphatic rings. The van der Waals surface area contributed by atoms with Gasteiger partial charge in [0.1, 0.15) is 10.6 Å². The molecule has 0 saturated carbocycles. The van der Waals surface area contributed by atoms with Gasteiger partial charge in [-0.05, 0) is 61.6 Å². The van der Waals surface area contributed by atoms with Gasteiger partial charge in [-0.3, -0.25) is 0 Å². The molecule has 0 spiro atoms. The van der Waals surface area contributed by atoms with Crippen LogP contribution >= 0.6 is 0 Å². The Balaban J connectivity index is 1.35. The average Bonchev–Trinajstić information content (AvgIpc) is 2.85. The summed E-state index contributed by atoms with van der Waals surface area (Å²) in [6.07, 6.45) is 4.83. The fourth-order valence-electron chi connectivity index (χ4n) is 3.87. The Labute approximate surface area is 202 Å². The molecule has 0 aliphatic carbocycles. The van der Waals surface area contributed by atoms with Gasteiger partial charge in [-0.25, -0.2) is 0 Å². The van der Waals surface area contributed by atoms with Crippen LogP contribution in [0.1, 0.15) is 36.7 Å². The van der Waals surface area contributed by atoms with Crippen LogP contribution in [-0.2, 0) is 19.6 Å². The van der Waals surface area contributed by atoms with Gasteiger partial charge in [-0.2, -0.15) is 8.42 Å². The number of hydrogen-bond acceptors (Lipinski definition) is 5. The summed E-state index contributed by atoms with van der Waals surface area (Å²) in [6, 6.07) is 21.6. The topological polar surface area (TPSA) is 61.8 Å². The molecule has 1 heterocycles. The van der Waals surface area contributed by atoms with Crippen molar-refractivity contribution in [2.75, 3.05) is 13.2 Å². The molecule has 5 nitrogen and oxygen atoms in total. The molecular formula is C28H30O5S. The van der Waals surface area contributed by atoms with Crippen LogP contribution in [-0.4, -0.2) is 21.6 Å². The summed E-state index contributed by atoms with van der Waals surface area (Å²) >= 11 is 0. The molecule has 0 N–H and O–H groups in total. The molecule has 0 unspecified atom stereocenters. The SMILES string of the molecule is C=CCCCC1COC(c2ccc(-c3ccc(OS(=O)(=O)c4ccc(C)cc4)cc3)cc2)OC1. The zero-order valence-corrected chi connectivity index (χ0v) is 20.2. The standard InChI is InChI=1S/C28H30O5S/c1-3-4-5-6-22-19-31-28(32-20-22)25-11-9-23(10-12-25)24-13-15-26(16-14-24)33-34(29,30)27-17-7-21(2)8-18-27/h3,7-18,22,28H,1,4-6,19-20H2,2H3. The molecule has 1 fully saturated rings. The predicted octanol–water partition coefficient (Wildman–Crippen LogP) is 6.45. The summed E-state index contributed by atoms with van der Waals surface area (Å²) in [4.78, 5) is 0.132. The molecule has 3 aromatic rings. The largest absolute Gasteiger partial charge is 0.379 e. The minimum atomic E-state index is -3.87. The van der Waals surface area contributed by atoms with Crippen molar-refractivity contribution in [2.45, 2.75) is 37.4 Å². The fraction of sp³-hybridized carbons (Fsp3) is 0.286. The summed E-state index contributed by atoms with van der Waals surface area (Å²) in [7, 11) is -3.87. The van der Waals surface area contributed by atoms with Gasteiger partial charge < -0.3 is 13.7 Å². The minimum Gasteiger partial charge on any atom is -0.379 e. The molecule has 0 radical (unpaired) electrons. The molecule has 4 rings (SSSR count). The quantitative estimate of drug-likeness (QED) is 0.201. The molecule has 1 aliphatic heterocycles. The van der Waals surface area contributed by atoms with Crippen molar-refractivity contribution in [1.29, 1.82) is 0 Å². The molecular weight excluding hydrogens is 448 g/mol. The van der Waals surface area contributed by atoms with Crippen molar-refractivity contribution in [3.8, 4) is 16.9 Å². The monoisotopic (exact) mass is 478 g/mol. The maximum Gasteiger partial charge on any atom is 0.339 e. The molecule has 34 heavy (non-hydrogen) atoms. The van der Waals surface area contributed by atoms with Crippen LogP contribution in [0, 0.1) is 12.8 Å². The summed E-state index contributed by atoms with van der Waals surface area (Å²) in [6.45, 7) is 7.08. The molecule has 6 heteroatoms. The van der Waals surface area contributed by atoms with E-state index in [2.05, 4.69) is 6.58 Å². The third-order valence-corrected chi connectivity index (χ3v) is 7.13. The first kappa shape index (κ1) is 24.2. The van der Waals surface area contributed by atoms with Crippen molar-refractivity contribution in [3.63, 3.8) is 0 Å². The van der Waals surface area contributed by atoms with E-state index in [0.29, 0.717) is 19.1 Å². The van der Waals surface area contributed by atoms with Gasteiger partial charge in [0, 0.05) is 11.5 Å². The summed E-state index contributed by atoms with van der Waals surface area (Å²) in [5.74, 6) is 0.707. The van der Waals surface area contributed by atoms with Crippen molar-refractivity contribution < 1.29 is 22.1 Å². The Bertz CT molecular complexity index is 1180. The number of benzene rings is 3. The smallest absolute Gasteiger partial charge is 0.339 e. The summed E-state index contributed by atoms with van der Waals surface area (Å²) in [5, 5.41) is 0. The first-order valence-corrected chi connectivity index (χ1v) is 12.9. The van der Waals surface area contributed by atoms with Gasteiger partial charge >= 0.3 is 10.1 Å². The molecule has 3 aromatic carbocycles. The number of allylic oxidation sites excluding steroid dienone is 1. The van der Waals surface area contributed by atoms with Gasteiger partial charge in [-0.15, -0.1) is 6.58 Å². The molecule has 0 atom stereocenters. The van der Waals surface area contributed by atoms with Crippen molar-refractivity contribution in [1.82, 2.24) is 0 Å². The third-order valence-electron chi connectivity index (χ3n) is 5.87. The Morgan fingerprint density at radius 2 is 1.50 bits per heavy atom. The Morgan fingerprint density at radius 3 is 2.09 bits per heavy atom. The number of rotatable bonds is 9. The molecule has 178 valence electrons. The number of aryl methyl sites for hydroxylation is 1.